The maximum Gasteiger partial charge on any atom is 0.0753 e. The minimum absolute atomic E-state index is 0.0594. The van der Waals surface area contributed by atoms with E-state index in [2.05, 4.69) is 24.1 Å². The van der Waals surface area contributed by atoms with Gasteiger partial charge in [0.1, 0.15) is 0 Å². The van der Waals surface area contributed by atoms with E-state index in [4.69, 9.17) is 4.74 Å². The summed E-state index contributed by atoms with van der Waals surface area (Å²) in [4.78, 5) is 2.55. The van der Waals surface area contributed by atoms with E-state index in [1.54, 1.807) is 0 Å². The van der Waals surface area contributed by atoms with Gasteiger partial charge in [-0.2, -0.15) is 0 Å². The number of hydrogen-bond donors (Lipinski definition) is 1. The first-order valence-electron chi connectivity index (χ1n) is 6.75. The average Bonchev–Trinajstić information content (AvgIpc) is 2.69. The Hall–Kier alpha value is -0.120. The molecule has 2 rings (SSSR count). The van der Waals surface area contributed by atoms with Gasteiger partial charge in [0.25, 0.3) is 0 Å². The third-order valence-corrected chi connectivity index (χ3v) is 3.69. The Morgan fingerprint density at radius 2 is 2.31 bits per heavy atom. The second-order valence-electron chi connectivity index (χ2n) is 5.82. The van der Waals surface area contributed by atoms with Gasteiger partial charge in [0.05, 0.1) is 12.2 Å². The maximum absolute atomic E-state index is 5.72. The Labute approximate surface area is 99.5 Å². The Kier molecular flexibility index (Phi) is 4.22. The van der Waals surface area contributed by atoms with Crippen LogP contribution in [-0.4, -0.2) is 49.3 Å². The second kappa shape index (κ2) is 5.48. The van der Waals surface area contributed by atoms with Crippen LogP contribution in [0.1, 0.15) is 39.5 Å². The first kappa shape index (κ1) is 12.3. The van der Waals surface area contributed by atoms with Crippen molar-refractivity contribution < 1.29 is 4.74 Å². The molecule has 0 aromatic carbocycles. The number of hydrogen-bond acceptors (Lipinski definition) is 3. The molecule has 0 aliphatic carbocycles. The van der Waals surface area contributed by atoms with Gasteiger partial charge < -0.3 is 10.1 Å². The molecular formula is C13H26N2O. The SMILES string of the molecule is CC1(C)CN(CCCC2CCCN2)CCO1. The van der Waals surface area contributed by atoms with Gasteiger partial charge in [-0.3, -0.25) is 4.90 Å². The molecule has 2 fully saturated rings. The summed E-state index contributed by atoms with van der Waals surface area (Å²) in [6.07, 6.45) is 5.43. The lowest BCUT2D eigenvalue weighted by Crippen LogP contribution is -2.48. The van der Waals surface area contributed by atoms with Crippen molar-refractivity contribution in [3.63, 3.8) is 0 Å². The average molecular weight is 226 g/mol. The van der Waals surface area contributed by atoms with Crippen LogP contribution in [0.3, 0.4) is 0 Å². The van der Waals surface area contributed by atoms with Crippen molar-refractivity contribution in [1.29, 1.82) is 0 Å². The van der Waals surface area contributed by atoms with Crippen LogP contribution < -0.4 is 5.32 Å². The molecule has 2 aliphatic heterocycles. The quantitative estimate of drug-likeness (QED) is 0.788. The highest BCUT2D eigenvalue weighted by Gasteiger charge is 2.26. The van der Waals surface area contributed by atoms with E-state index in [1.807, 2.05) is 0 Å². The van der Waals surface area contributed by atoms with Gasteiger partial charge >= 0.3 is 0 Å². The topological polar surface area (TPSA) is 24.5 Å². The van der Waals surface area contributed by atoms with Crippen molar-refractivity contribution in [2.75, 3.05) is 32.8 Å². The van der Waals surface area contributed by atoms with Gasteiger partial charge in [-0.05, 0) is 52.6 Å². The summed E-state index contributed by atoms with van der Waals surface area (Å²) in [5.41, 5.74) is 0.0594. The van der Waals surface area contributed by atoms with Crippen LogP contribution in [0, 0.1) is 0 Å². The van der Waals surface area contributed by atoms with Crippen molar-refractivity contribution >= 4 is 0 Å². The van der Waals surface area contributed by atoms with E-state index in [9.17, 15) is 0 Å². The normalized spacial score (nSPS) is 30.8. The fourth-order valence-electron chi connectivity index (χ4n) is 2.87. The van der Waals surface area contributed by atoms with Crippen LogP contribution in [0.5, 0.6) is 0 Å². The van der Waals surface area contributed by atoms with E-state index in [-0.39, 0.29) is 5.60 Å². The lowest BCUT2D eigenvalue weighted by molar-refractivity contribution is -0.0861. The van der Waals surface area contributed by atoms with E-state index in [1.165, 1.54) is 38.8 Å². The molecule has 1 unspecified atom stereocenters. The van der Waals surface area contributed by atoms with E-state index >= 15 is 0 Å². The highest BCUT2D eigenvalue weighted by atomic mass is 16.5. The lowest BCUT2D eigenvalue weighted by Gasteiger charge is -2.38. The third-order valence-electron chi connectivity index (χ3n) is 3.69. The number of morpholine rings is 1. The summed E-state index contributed by atoms with van der Waals surface area (Å²) in [5, 5.41) is 3.57. The fraction of sp³-hybridized carbons (Fsp3) is 1.00. The smallest absolute Gasteiger partial charge is 0.0753 e. The van der Waals surface area contributed by atoms with Crippen LogP contribution in [0.4, 0.5) is 0 Å². The van der Waals surface area contributed by atoms with Crippen molar-refractivity contribution in [1.82, 2.24) is 10.2 Å². The van der Waals surface area contributed by atoms with Gasteiger partial charge in [0, 0.05) is 19.1 Å². The standard InChI is InChI=1S/C13H26N2O/c1-13(2)11-15(9-10-16-13)8-4-6-12-5-3-7-14-12/h12,14H,3-11H2,1-2H3. The maximum atomic E-state index is 5.72. The van der Waals surface area contributed by atoms with Crippen LogP contribution in [0.15, 0.2) is 0 Å². The minimum Gasteiger partial charge on any atom is -0.373 e. The van der Waals surface area contributed by atoms with Gasteiger partial charge in [-0.1, -0.05) is 0 Å². The molecule has 2 aliphatic rings. The molecule has 94 valence electrons. The van der Waals surface area contributed by atoms with Crippen LogP contribution >= 0.6 is 0 Å². The van der Waals surface area contributed by atoms with Crippen LogP contribution in [0.25, 0.3) is 0 Å². The molecule has 0 saturated carbocycles. The fourth-order valence-corrected chi connectivity index (χ4v) is 2.87. The molecule has 3 nitrogen and oxygen atoms in total. The predicted octanol–water partition coefficient (Wildman–Crippen LogP) is 1.63. The molecule has 1 N–H and O–H groups in total. The predicted molar refractivity (Wildman–Crippen MR) is 66.7 cm³/mol. The molecule has 2 saturated heterocycles. The minimum atomic E-state index is 0.0594. The monoisotopic (exact) mass is 226 g/mol. The highest BCUT2D eigenvalue weighted by Crippen LogP contribution is 2.17. The number of ether oxygens (including phenoxy) is 1. The molecule has 1 atom stereocenters. The summed E-state index contributed by atoms with van der Waals surface area (Å²) in [6, 6.07) is 0.800. The van der Waals surface area contributed by atoms with Crippen molar-refractivity contribution in [2.45, 2.75) is 51.2 Å². The zero-order chi connectivity index (χ0) is 11.4. The molecule has 0 aromatic rings. The number of nitrogens with one attached hydrogen (secondary N) is 1. The Bertz CT molecular complexity index is 212. The number of rotatable bonds is 4. The molecule has 0 aromatic heterocycles. The van der Waals surface area contributed by atoms with E-state index in [0.717, 1.165) is 25.7 Å². The van der Waals surface area contributed by atoms with Gasteiger partial charge in [-0.25, -0.2) is 0 Å². The van der Waals surface area contributed by atoms with E-state index < -0.39 is 0 Å². The Morgan fingerprint density at radius 1 is 1.44 bits per heavy atom. The molecule has 16 heavy (non-hydrogen) atoms. The molecule has 2 heterocycles. The molecule has 0 bridgehead atoms. The summed E-state index contributed by atoms with van der Waals surface area (Å²) < 4.78 is 5.72. The third kappa shape index (κ3) is 3.72. The van der Waals surface area contributed by atoms with Crippen molar-refractivity contribution in [3.8, 4) is 0 Å². The first-order chi connectivity index (χ1) is 7.66. The summed E-state index contributed by atoms with van der Waals surface area (Å²) >= 11 is 0. The molecule has 3 heteroatoms. The van der Waals surface area contributed by atoms with Gasteiger partial charge in [0.15, 0.2) is 0 Å². The number of nitrogens with zero attached hydrogens (tertiary/aromatic N) is 1. The first-order valence-corrected chi connectivity index (χ1v) is 6.75. The summed E-state index contributed by atoms with van der Waals surface area (Å²) in [7, 11) is 0. The van der Waals surface area contributed by atoms with Gasteiger partial charge in [0.2, 0.25) is 0 Å². The van der Waals surface area contributed by atoms with E-state index in [0.29, 0.717) is 0 Å². The summed E-state index contributed by atoms with van der Waals surface area (Å²) in [6.45, 7) is 9.96. The van der Waals surface area contributed by atoms with Crippen molar-refractivity contribution in [3.05, 3.63) is 0 Å². The molecule has 0 radical (unpaired) electrons. The zero-order valence-corrected chi connectivity index (χ0v) is 10.8. The highest BCUT2D eigenvalue weighted by molar-refractivity contribution is 4.80. The van der Waals surface area contributed by atoms with Crippen molar-refractivity contribution in [2.24, 2.45) is 0 Å². The molecule has 0 amide bonds. The van der Waals surface area contributed by atoms with Crippen LogP contribution in [-0.2, 0) is 4.74 Å². The molecule has 0 spiro atoms. The summed E-state index contributed by atoms with van der Waals surface area (Å²) in [5.74, 6) is 0. The Balaban J connectivity index is 1.61. The Morgan fingerprint density at radius 3 is 3.00 bits per heavy atom. The van der Waals surface area contributed by atoms with Crippen LogP contribution in [0.2, 0.25) is 0 Å². The zero-order valence-electron chi connectivity index (χ0n) is 10.8. The largest absolute Gasteiger partial charge is 0.373 e. The van der Waals surface area contributed by atoms with Gasteiger partial charge in [-0.15, -0.1) is 0 Å². The molecular weight excluding hydrogens is 200 g/mol. The second-order valence-corrected chi connectivity index (χ2v) is 5.82. The lowest BCUT2D eigenvalue weighted by atomic mass is 10.1.